The predicted molar refractivity (Wildman–Crippen MR) is 204 cm³/mol. The molecule has 2 aromatic heterocycles. The molecule has 0 amide bonds. The van der Waals surface area contributed by atoms with Gasteiger partial charge in [0.05, 0.1) is 34.5 Å². The molecule has 2 atom stereocenters. The van der Waals surface area contributed by atoms with Crippen LogP contribution >= 0.6 is 27.5 Å². The summed E-state index contributed by atoms with van der Waals surface area (Å²) in [6.45, 7) is 6.04. The Morgan fingerprint density at radius 2 is 1.60 bits per heavy atom. The molecule has 2 fully saturated rings. The van der Waals surface area contributed by atoms with E-state index in [1.54, 1.807) is 12.3 Å². The Kier molecular flexibility index (Phi) is 11.7. The average Bonchev–Trinajstić information content (AvgIpc) is 3.89. The first-order valence-electron chi connectivity index (χ1n) is 17.8. The molecular weight excluding hydrogens is 744 g/mol. The number of ether oxygens (including phenoxy) is 2. The fourth-order valence-electron chi connectivity index (χ4n) is 7.11. The SMILES string of the molecule is N#Cc1cncc(COc2cc(OCc3cccc(-c4cccc5c4cnn5CCCCN4CCC(O)C4)c3Br)c(Cl)cc2CN2CCC(O)C2)c1. The number of rotatable bonds is 14. The molecule has 10 nitrogen and oxygen atoms in total. The van der Waals surface area contributed by atoms with Crippen LogP contribution in [0.2, 0.25) is 5.02 Å². The van der Waals surface area contributed by atoms with Crippen molar-refractivity contribution in [1.29, 1.82) is 5.26 Å². The number of hydrogen-bond donors (Lipinski definition) is 2. The summed E-state index contributed by atoms with van der Waals surface area (Å²) in [6.07, 6.45) is 8.33. The fraction of sp³-hybridized carbons (Fsp3) is 0.375. The van der Waals surface area contributed by atoms with Gasteiger partial charge in [-0.15, -0.1) is 0 Å². The third kappa shape index (κ3) is 8.60. The van der Waals surface area contributed by atoms with Gasteiger partial charge in [0.2, 0.25) is 0 Å². The maximum Gasteiger partial charge on any atom is 0.142 e. The number of benzene rings is 3. The summed E-state index contributed by atoms with van der Waals surface area (Å²) in [5.74, 6) is 1.11. The van der Waals surface area contributed by atoms with E-state index in [0.29, 0.717) is 35.2 Å². The number of pyridine rings is 1. The molecule has 0 bridgehead atoms. The normalized spacial score (nSPS) is 17.9. The lowest BCUT2D eigenvalue weighted by atomic mass is 10.00. The van der Waals surface area contributed by atoms with Gasteiger partial charge in [0.1, 0.15) is 30.8 Å². The Morgan fingerprint density at radius 3 is 2.38 bits per heavy atom. The number of aryl methyl sites for hydroxylation is 1. The molecule has 0 radical (unpaired) electrons. The number of β-amino-alcohol motifs (C(OH)–C–C–N with tert-alkyl or cyclic N) is 2. The summed E-state index contributed by atoms with van der Waals surface area (Å²) in [4.78, 5) is 8.68. The minimum atomic E-state index is -0.341. The van der Waals surface area contributed by atoms with Crippen LogP contribution in [-0.4, -0.2) is 79.7 Å². The first kappa shape index (κ1) is 36.3. The van der Waals surface area contributed by atoms with E-state index < -0.39 is 0 Å². The summed E-state index contributed by atoms with van der Waals surface area (Å²) in [7, 11) is 0. The van der Waals surface area contributed by atoms with Crippen LogP contribution in [0.3, 0.4) is 0 Å². The van der Waals surface area contributed by atoms with Crippen molar-refractivity contribution >= 4 is 38.4 Å². The highest BCUT2D eigenvalue weighted by Gasteiger charge is 2.23. The zero-order valence-corrected chi connectivity index (χ0v) is 31.3. The van der Waals surface area contributed by atoms with Crippen LogP contribution < -0.4 is 9.47 Å². The van der Waals surface area contributed by atoms with Crippen LogP contribution in [0.25, 0.3) is 22.0 Å². The maximum absolute atomic E-state index is 10.1. The molecule has 3 aromatic carbocycles. The summed E-state index contributed by atoms with van der Waals surface area (Å²) < 4.78 is 15.7. The number of unbranched alkanes of at least 4 members (excludes halogenated alkanes) is 1. The molecule has 0 saturated carbocycles. The van der Waals surface area contributed by atoms with Crippen molar-refractivity contribution in [1.82, 2.24) is 24.6 Å². The van der Waals surface area contributed by atoms with Gasteiger partial charge in [-0.3, -0.25) is 14.6 Å². The van der Waals surface area contributed by atoms with Crippen molar-refractivity contribution in [3.8, 4) is 28.7 Å². The molecule has 270 valence electrons. The Morgan fingerprint density at radius 1 is 0.846 bits per heavy atom. The van der Waals surface area contributed by atoms with Crippen molar-refractivity contribution in [2.75, 3.05) is 32.7 Å². The topological polar surface area (TPSA) is 120 Å². The van der Waals surface area contributed by atoms with Gasteiger partial charge >= 0.3 is 0 Å². The molecule has 2 aliphatic heterocycles. The average molecular weight is 786 g/mol. The Balaban J connectivity index is 1.07. The molecule has 0 aliphatic carbocycles. The third-order valence-corrected chi connectivity index (χ3v) is 11.1. The van der Waals surface area contributed by atoms with E-state index in [1.807, 2.05) is 30.5 Å². The van der Waals surface area contributed by atoms with E-state index in [9.17, 15) is 15.5 Å². The Bertz CT molecular complexity index is 2070. The molecule has 0 spiro atoms. The minimum absolute atomic E-state index is 0.180. The first-order chi connectivity index (χ1) is 25.3. The number of likely N-dealkylation sites (tertiary alicyclic amines) is 2. The standard InChI is InChI=1S/C40H42BrClN6O4/c41-40-29(5-3-7-34(40)33-6-4-8-37-35(33)21-45-48(37)12-2-1-11-46-13-9-31(49)23-46)26-52-39-17-38(51-25-28-15-27(18-43)19-44-20-28)30(16-36(39)42)22-47-14-10-32(50)24-47/h3-8,15-17,19-21,31-32,49-50H,1-2,9-14,22-26H2. The van der Waals surface area contributed by atoms with E-state index in [0.717, 1.165) is 102 Å². The molecule has 2 aliphatic rings. The molecule has 12 heteroatoms. The van der Waals surface area contributed by atoms with Crippen molar-refractivity contribution < 1.29 is 19.7 Å². The molecule has 2 N–H and O–H groups in total. The number of aliphatic hydroxyl groups excluding tert-OH is 2. The second-order valence-corrected chi connectivity index (χ2v) is 14.9. The number of halogens is 2. The number of fused-ring (bicyclic) bond motifs is 1. The quantitative estimate of drug-likeness (QED) is 0.115. The monoisotopic (exact) mass is 784 g/mol. The fourth-order valence-corrected chi connectivity index (χ4v) is 7.95. The van der Waals surface area contributed by atoms with Crippen molar-refractivity contribution in [3.05, 3.63) is 105 Å². The maximum atomic E-state index is 10.1. The van der Waals surface area contributed by atoms with Crippen LogP contribution in [0.5, 0.6) is 11.5 Å². The molecule has 7 rings (SSSR count). The third-order valence-electron chi connectivity index (χ3n) is 9.86. The van der Waals surface area contributed by atoms with Gasteiger partial charge < -0.3 is 24.6 Å². The van der Waals surface area contributed by atoms with Gasteiger partial charge in [-0.25, -0.2) is 0 Å². The summed E-state index contributed by atoms with van der Waals surface area (Å²) in [5.41, 5.74) is 6.33. The number of nitrogens with zero attached hydrogens (tertiary/aromatic N) is 6. The number of aromatic nitrogens is 3. The Hall–Kier alpha value is -4.02. The molecule has 4 heterocycles. The Labute approximate surface area is 317 Å². The van der Waals surface area contributed by atoms with Crippen molar-refractivity contribution in [2.24, 2.45) is 0 Å². The highest BCUT2D eigenvalue weighted by atomic mass is 79.9. The van der Waals surface area contributed by atoms with E-state index in [2.05, 4.69) is 65.7 Å². The zero-order valence-electron chi connectivity index (χ0n) is 28.9. The lowest BCUT2D eigenvalue weighted by molar-refractivity contribution is 0.174. The highest BCUT2D eigenvalue weighted by Crippen LogP contribution is 2.38. The largest absolute Gasteiger partial charge is 0.488 e. The second-order valence-electron chi connectivity index (χ2n) is 13.7. The van der Waals surface area contributed by atoms with Gasteiger partial charge in [0.15, 0.2) is 0 Å². The first-order valence-corrected chi connectivity index (χ1v) is 19.0. The van der Waals surface area contributed by atoms with Gasteiger partial charge in [-0.1, -0.05) is 41.9 Å². The van der Waals surface area contributed by atoms with Crippen LogP contribution in [0.1, 0.15) is 47.9 Å². The van der Waals surface area contributed by atoms with E-state index in [1.165, 1.54) is 6.20 Å². The van der Waals surface area contributed by atoms with Crippen LogP contribution in [0.15, 0.2) is 77.7 Å². The summed E-state index contributed by atoms with van der Waals surface area (Å²) >= 11 is 10.7. The number of hydrogen-bond acceptors (Lipinski definition) is 9. The van der Waals surface area contributed by atoms with Crippen LogP contribution in [0, 0.1) is 11.3 Å². The van der Waals surface area contributed by atoms with Crippen molar-refractivity contribution in [2.45, 2.75) is 64.2 Å². The molecule has 2 unspecified atom stereocenters. The summed E-state index contributed by atoms with van der Waals surface area (Å²) in [5, 5.41) is 35.5. The highest BCUT2D eigenvalue weighted by molar-refractivity contribution is 9.10. The van der Waals surface area contributed by atoms with Gasteiger partial charge in [0, 0.05) is 84.3 Å². The van der Waals surface area contributed by atoms with Gasteiger partial charge in [-0.2, -0.15) is 10.4 Å². The molecule has 5 aromatic rings. The predicted octanol–water partition coefficient (Wildman–Crippen LogP) is 6.96. The number of aliphatic hydroxyl groups is 2. The molecule has 2 saturated heterocycles. The zero-order chi connectivity index (χ0) is 36.0. The summed E-state index contributed by atoms with van der Waals surface area (Å²) in [6, 6.07) is 20.1. The minimum Gasteiger partial charge on any atom is -0.488 e. The van der Waals surface area contributed by atoms with E-state index >= 15 is 0 Å². The molecule has 52 heavy (non-hydrogen) atoms. The second kappa shape index (κ2) is 16.8. The van der Waals surface area contributed by atoms with Crippen LogP contribution in [-0.2, 0) is 26.3 Å². The van der Waals surface area contributed by atoms with E-state index in [4.69, 9.17) is 26.2 Å². The lowest BCUT2D eigenvalue weighted by Gasteiger charge is -2.20. The van der Waals surface area contributed by atoms with Crippen molar-refractivity contribution in [3.63, 3.8) is 0 Å². The van der Waals surface area contributed by atoms with Gasteiger partial charge in [0.25, 0.3) is 0 Å². The molecular formula is C40H42BrClN6O4. The smallest absolute Gasteiger partial charge is 0.142 e. The van der Waals surface area contributed by atoms with E-state index in [-0.39, 0.29) is 25.4 Å². The van der Waals surface area contributed by atoms with Gasteiger partial charge in [-0.05, 0) is 77.5 Å². The van der Waals surface area contributed by atoms with Crippen LogP contribution in [0.4, 0.5) is 0 Å². The lowest BCUT2D eigenvalue weighted by Crippen LogP contribution is -2.23. The number of nitriles is 1.